The number of aromatic amines is 1. The van der Waals surface area contributed by atoms with Crippen molar-refractivity contribution >= 4 is 84.8 Å². The van der Waals surface area contributed by atoms with Crippen molar-refractivity contribution < 1.29 is 33.6 Å². The van der Waals surface area contributed by atoms with Crippen molar-refractivity contribution in [1.82, 2.24) is 64.8 Å². The van der Waals surface area contributed by atoms with E-state index in [1.807, 2.05) is 71.4 Å². The van der Waals surface area contributed by atoms with Gasteiger partial charge in [-0.3, -0.25) is 24.7 Å². The van der Waals surface area contributed by atoms with Gasteiger partial charge >= 0.3 is 17.9 Å². The van der Waals surface area contributed by atoms with Gasteiger partial charge in [-0.1, -0.05) is 138 Å². The number of nitrogens with two attached hydrogens (primary N) is 1. The predicted molar refractivity (Wildman–Crippen MR) is 416 cm³/mol. The third kappa shape index (κ3) is 25.6. The Morgan fingerprint density at radius 3 is 1.55 bits per heavy atom. The number of halogens is 3. The Morgan fingerprint density at radius 1 is 0.587 bits per heavy atom. The second kappa shape index (κ2) is 43.0. The lowest BCUT2D eigenvalue weighted by Gasteiger charge is -2.30. The van der Waals surface area contributed by atoms with Crippen LogP contribution in [0.3, 0.4) is 0 Å². The molecule has 0 bridgehead atoms. The SMILES string of the molecule is C1CNC1.CCCCOc1nc(N)c2cnn(Cc3cccc(CN4CCC4)c3)c2n1.COC(=O)c1cccc(CBr)c1.COC(=O)c1cccc(CN2CCC2)c1.COc1ccc(CNc2nc(Cl)nc3[nH]ncc23)cc1.ClCc1cccc(CN2CCC2)c1.OCc1cccc(CN2CCC2)c1. The lowest BCUT2D eigenvalue weighted by atomic mass is 10.1. The number of rotatable bonds is 23. The molecule has 25 heteroatoms. The molecule has 0 radical (unpaired) electrons. The Balaban J connectivity index is 0.000000147. The van der Waals surface area contributed by atoms with Gasteiger partial charge in [0.1, 0.15) is 17.4 Å². The smallest absolute Gasteiger partial charge is 0.337 e. The molecule has 22 nitrogen and oxygen atoms in total. The van der Waals surface area contributed by atoms with Crippen molar-refractivity contribution in [2.45, 2.75) is 109 Å². The van der Waals surface area contributed by atoms with E-state index in [1.54, 1.807) is 37.7 Å². The number of ether oxygens (including phenoxy) is 4. The molecule has 5 saturated heterocycles. The van der Waals surface area contributed by atoms with E-state index in [1.165, 1.54) is 145 Å². The zero-order valence-corrected chi connectivity index (χ0v) is 63.2. The molecule has 4 aromatic heterocycles. The number of aromatic nitrogens is 8. The third-order valence-corrected chi connectivity index (χ3v) is 18.9. The highest BCUT2D eigenvalue weighted by atomic mass is 79.9. The normalized spacial score (nSPS) is 14.3. The number of carbonyl (C=O) groups excluding carboxylic acids is 2. The lowest BCUT2D eigenvalue weighted by molar-refractivity contribution is 0.0591. The van der Waals surface area contributed by atoms with Gasteiger partial charge in [0.2, 0.25) is 5.28 Å². The van der Waals surface area contributed by atoms with Crippen LogP contribution >= 0.6 is 39.1 Å². The highest BCUT2D eigenvalue weighted by Crippen LogP contribution is 2.25. The summed E-state index contributed by atoms with van der Waals surface area (Å²) >= 11 is 15.0. The summed E-state index contributed by atoms with van der Waals surface area (Å²) in [6.45, 7) is 20.4. The zero-order valence-electron chi connectivity index (χ0n) is 60.1. The number of nitrogen functional groups attached to an aromatic ring is 1. The van der Waals surface area contributed by atoms with Crippen molar-refractivity contribution in [3.8, 4) is 11.8 Å². The number of methoxy groups -OCH3 is 3. The van der Waals surface area contributed by atoms with Crippen LogP contribution < -0.4 is 25.8 Å². The Labute approximate surface area is 629 Å². The van der Waals surface area contributed by atoms with Crippen molar-refractivity contribution in [3.05, 3.63) is 224 Å². The maximum atomic E-state index is 11.3. The molecule has 5 fully saturated rings. The fourth-order valence-corrected chi connectivity index (χ4v) is 11.8. The van der Waals surface area contributed by atoms with Gasteiger partial charge < -0.3 is 40.4 Å². The van der Waals surface area contributed by atoms with Gasteiger partial charge in [0.15, 0.2) is 11.3 Å². The first-order chi connectivity index (χ1) is 50.8. The van der Waals surface area contributed by atoms with Crippen LogP contribution in [0.25, 0.3) is 22.1 Å². The van der Waals surface area contributed by atoms with Gasteiger partial charge in [0.25, 0.3) is 0 Å². The second-order valence-electron chi connectivity index (χ2n) is 25.7. The van der Waals surface area contributed by atoms with Gasteiger partial charge in [0.05, 0.1) is 75.4 Å². The van der Waals surface area contributed by atoms with Gasteiger partial charge in [-0.05, 0) is 202 Å². The number of nitrogens with one attached hydrogen (secondary N) is 3. The number of carbonyl (C=O) groups is 2. The molecule has 104 heavy (non-hydrogen) atoms. The quantitative estimate of drug-likeness (QED) is 0.0173. The number of benzene rings is 6. The van der Waals surface area contributed by atoms with E-state index < -0.39 is 0 Å². The Morgan fingerprint density at radius 2 is 1.07 bits per heavy atom. The third-order valence-electron chi connectivity index (χ3n) is 17.8. The van der Waals surface area contributed by atoms with Crippen molar-refractivity contribution in [2.24, 2.45) is 0 Å². The maximum Gasteiger partial charge on any atom is 0.337 e. The summed E-state index contributed by atoms with van der Waals surface area (Å²) in [5.41, 5.74) is 19.4. The van der Waals surface area contributed by atoms with E-state index in [-0.39, 0.29) is 23.8 Å². The van der Waals surface area contributed by atoms with Crippen LogP contribution in [0.5, 0.6) is 11.8 Å². The number of hydrogen-bond donors (Lipinski definition) is 5. The number of anilines is 2. The number of likely N-dealkylation sites (tertiary alicyclic amines) is 4. The highest BCUT2D eigenvalue weighted by Gasteiger charge is 2.19. The molecule has 5 aliphatic rings. The summed E-state index contributed by atoms with van der Waals surface area (Å²) in [5, 5.41) is 29.0. The van der Waals surface area contributed by atoms with Crippen LogP contribution in [0.1, 0.15) is 123 Å². The number of nitrogens with zero attached hydrogens (tertiary/aromatic N) is 11. The van der Waals surface area contributed by atoms with Crippen LogP contribution in [0.4, 0.5) is 11.6 Å². The van der Waals surface area contributed by atoms with E-state index in [9.17, 15) is 9.59 Å². The molecule has 15 rings (SSSR count). The van der Waals surface area contributed by atoms with Crippen molar-refractivity contribution in [2.75, 3.05) is 104 Å². The zero-order chi connectivity index (χ0) is 73.3. The topological polar surface area (TPSA) is 252 Å². The molecule has 10 aromatic rings. The summed E-state index contributed by atoms with van der Waals surface area (Å²) < 4.78 is 21.9. The second-order valence-corrected chi connectivity index (χ2v) is 26.9. The van der Waals surface area contributed by atoms with Crippen molar-refractivity contribution in [1.29, 1.82) is 0 Å². The average molecular weight is 1520 g/mol. The van der Waals surface area contributed by atoms with E-state index in [0.717, 1.165) is 77.6 Å². The summed E-state index contributed by atoms with van der Waals surface area (Å²) in [6.07, 6.45) is 12.1. The van der Waals surface area contributed by atoms with E-state index >= 15 is 0 Å². The number of esters is 2. The maximum absolute atomic E-state index is 11.3. The fraction of sp³-hybridized carbons (Fsp3) is 0.392. The van der Waals surface area contributed by atoms with Crippen LogP contribution in [0.15, 0.2) is 158 Å². The Kier molecular flexibility index (Phi) is 32.9. The first kappa shape index (κ1) is 79.5. The molecule has 6 N–H and O–H groups in total. The number of alkyl halides is 2. The minimum atomic E-state index is -0.294. The summed E-state index contributed by atoms with van der Waals surface area (Å²) in [6, 6.07) is 48.5. The predicted octanol–water partition coefficient (Wildman–Crippen LogP) is 13.5. The van der Waals surface area contributed by atoms with Gasteiger partial charge in [0, 0.05) is 43.9 Å². The van der Waals surface area contributed by atoms with E-state index in [0.29, 0.717) is 65.6 Å². The number of unbranched alkanes of at least 4 members (excludes halogenated alkanes) is 1. The average Bonchev–Trinajstić information content (AvgIpc) is 1.65. The molecule has 0 atom stereocenters. The molecule has 0 aliphatic carbocycles. The summed E-state index contributed by atoms with van der Waals surface area (Å²) in [4.78, 5) is 49.0. The number of aliphatic hydroxyl groups excluding tert-OH is 1. The first-order valence-electron chi connectivity index (χ1n) is 35.6. The number of hydrogen-bond acceptors (Lipinski definition) is 20. The largest absolute Gasteiger partial charge is 0.497 e. The summed E-state index contributed by atoms with van der Waals surface area (Å²) in [5.74, 6) is 1.96. The standard InChI is InChI=1S/C20H26N6O.C13H12ClN5O.C12H15NO2.C11H14ClN.C11H15NO.C9H9BrO2.C3H7N/c1-2-3-10-27-20-23-18(21)17-12-22-26(19(17)24-20)14-16-7-4-6-15(11-16)13-25-8-5-9-25;1-20-9-4-2-8(3-5-9)6-15-11-10-7-16-19-12(10)18-13(14)17-11;1-15-12(14)11-5-2-4-10(8-11)9-13-6-3-7-13;12-8-10-3-1-4-11(7-10)9-13-5-2-6-13;13-9-11-4-1-3-10(7-11)8-12-5-2-6-12;1-12-9(11)8-4-2-3-7(5-8)6-10;1-2-4-3-1/h4,6-7,11-12H,2-3,5,8-10,13-14H2,1H3,(H2,21,23,24);2-5,7H,6H2,1H3,(H2,15,16,17,18,19);2,4-5,8H,3,6-7,9H2,1H3;1,3-4,7H,2,5-6,8-9H2;1,3-4,7,13H,2,5-6,8-9H2;2-5H,6H2,1H3;4H,1-3H2. The molecule has 0 saturated carbocycles. The molecule has 552 valence electrons. The van der Waals surface area contributed by atoms with Crippen LogP contribution in [0.2, 0.25) is 5.28 Å². The minimum Gasteiger partial charge on any atom is -0.497 e. The minimum absolute atomic E-state index is 0.147. The fourth-order valence-electron chi connectivity index (χ4n) is 11.1. The summed E-state index contributed by atoms with van der Waals surface area (Å²) in [7, 11) is 4.43. The monoisotopic (exact) mass is 1520 g/mol. The number of aliphatic hydroxyl groups is 1. The molecule has 6 aromatic carbocycles. The van der Waals surface area contributed by atoms with Gasteiger partial charge in [-0.15, -0.1) is 11.6 Å². The van der Waals surface area contributed by atoms with Crippen LogP contribution in [-0.2, 0) is 66.6 Å². The lowest BCUT2D eigenvalue weighted by Crippen LogP contribution is -2.36. The number of H-pyrrole nitrogens is 1. The first-order valence-corrected chi connectivity index (χ1v) is 37.6. The van der Waals surface area contributed by atoms with E-state index in [4.69, 9.17) is 43.5 Å². The Bertz CT molecular complexity index is 4180. The molecular formula is C79H98BrCl2N15O7. The molecule has 0 unspecified atom stereocenters. The molecule has 5 aliphatic heterocycles. The van der Waals surface area contributed by atoms with Crippen molar-refractivity contribution in [3.63, 3.8) is 0 Å². The van der Waals surface area contributed by atoms with E-state index in [2.05, 4.69) is 158 Å². The molecule has 0 spiro atoms. The Hall–Kier alpha value is -8.62. The highest BCUT2D eigenvalue weighted by molar-refractivity contribution is 9.08. The molecular weight excluding hydrogens is 1420 g/mol. The van der Waals surface area contributed by atoms with Crippen LogP contribution in [0, 0.1) is 0 Å². The molecule has 9 heterocycles. The molecule has 0 amide bonds. The van der Waals surface area contributed by atoms with Gasteiger partial charge in [-0.2, -0.15) is 30.1 Å². The van der Waals surface area contributed by atoms with Gasteiger partial charge in [-0.25, -0.2) is 14.3 Å². The van der Waals surface area contributed by atoms with Crippen LogP contribution in [-0.4, -0.2) is 170 Å². The number of fused-ring (bicyclic) bond motifs is 2.